The average molecular weight is 278 g/mol. The smallest absolute Gasteiger partial charge is 0.311 e. The van der Waals surface area contributed by atoms with E-state index < -0.39 is 29.7 Å². The topological polar surface area (TPSA) is 119 Å². The minimum atomic E-state index is -1.00. The lowest BCUT2D eigenvalue weighted by Crippen LogP contribution is -2.42. The highest BCUT2D eigenvalue weighted by Crippen LogP contribution is 2.14. The van der Waals surface area contributed by atoms with Crippen LogP contribution < -0.4 is 11.1 Å². The van der Waals surface area contributed by atoms with Gasteiger partial charge in [0, 0.05) is 11.1 Å². The number of ether oxygens (including phenoxy) is 1. The van der Waals surface area contributed by atoms with Gasteiger partial charge < -0.3 is 20.9 Å². The van der Waals surface area contributed by atoms with Crippen LogP contribution in [0.2, 0.25) is 0 Å². The van der Waals surface area contributed by atoms with Gasteiger partial charge in [0.1, 0.15) is 5.92 Å². The molecule has 0 spiro atoms. The number of carboxylic acids is 1. The fourth-order valence-corrected chi connectivity index (χ4v) is 1.98. The van der Waals surface area contributed by atoms with Crippen molar-refractivity contribution in [3.05, 3.63) is 35.4 Å². The SMILES string of the molecule is NC(=O)c1ccc(C(=O)NC2COCC2C(=O)O)cc1. The number of benzene rings is 1. The Labute approximate surface area is 114 Å². The summed E-state index contributed by atoms with van der Waals surface area (Å²) < 4.78 is 5.06. The van der Waals surface area contributed by atoms with Gasteiger partial charge in [-0.2, -0.15) is 0 Å². The van der Waals surface area contributed by atoms with Crippen LogP contribution in [-0.4, -0.2) is 42.1 Å². The predicted octanol–water partition coefficient (Wildman–Crippen LogP) is -0.385. The Morgan fingerprint density at radius 1 is 1.15 bits per heavy atom. The highest BCUT2D eigenvalue weighted by molar-refractivity contribution is 5.97. The summed E-state index contributed by atoms with van der Waals surface area (Å²) in [4.78, 5) is 33.9. The molecule has 0 aromatic heterocycles. The molecule has 1 aliphatic heterocycles. The van der Waals surface area contributed by atoms with E-state index in [-0.39, 0.29) is 13.2 Å². The molecule has 20 heavy (non-hydrogen) atoms. The molecule has 0 radical (unpaired) electrons. The van der Waals surface area contributed by atoms with Crippen molar-refractivity contribution in [1.29, 1.82) is 0 Å². The minimum Gasteiger partial charge on any atom is -0.481 e. The van der Waals surface area contributed by atoms with E-state index >= 15 is 0 Å². The molecular formula is C13H14N2O5. The Morgan fingerprint density at radius 3 is 2.30 bits per heavy atom. The average Bonchev–Trinajstić information content (AvgIpc) is 2.87. The molecule has 1 aliphatic rings. The van der Waals surface area contributed by atoms with E-state index in [9.17, 15) is 14.4 Å². The fourth-order valence-electron chi connectivity index (χ4n) is 1.98. The first-order valence-corrected chi connectivity index (χ1v) is 6.00. The van der Waals surface area contributed by atoms with Crippen molar-refractivity contribution >= 4 is 17.8 Å². The first-order valence-electron chi connectivity index (χ1n) is 6.00. The number of carboxylic acid groups (broad SMARTS) is 1. The molecule has 4 N–H and O–H groups in total. The third kappa shape index (κ3) is 2.94. The second-order valence-corrected chi connectivity index (χ2v) is 4.50. The van der Waals surface area contributed by atoms with E-state index in [0.717, 1.165) is 0 Å². The number of aliphatic carboxylic acids is 1. The summed E-state index contributed by atoms with van der Waals surface area (Å²) in [5.41, 5.74) is 5.73. The number of carbonyl (C=O) groups excluding carboxylic acids is 2. The van der Waals surface area contributed by atoms with Crippen LogP contribution in [0.1, 0.15) is 20.7 Å². The number of nitrogens with one attached hydrogen (secondary N) is 1. The van der Waals surface area contributed by atoms with Crippen molar-refractivity contribution < 1.29 is 24.2 Å². The number of hydrogen-bond acceptors (Lipinski definition) is 4. The maximum atomic E-state index is 12.0. The van der Waals surface area contributed by atoms with Crippen LogP contribution in [0.3, 0.4) is 0 Å². The van der Waals surface area contributed by atoms with Crippen molar-refractivity contribution in [2.45, 2.75) is 6.04 Å². The standard InChI is InChI=1S/C13H14N2O5/c14-11(16)7-1-3-8(4-2-7)12(17)15-10-6-20-5-9(10)13(18)19/h1-4,9-10H,5-6H2,(H2,14,16)(H,15,17)(H,18,19). The van der Waals surface area contributed by atoms with Gasteiger partial charge in [-0.05, 0) is 24.3 Å². The molecule has 1 fully saturated rings. The number of nitrogens with two attached hydrogens (primary N) is 1. The van der Waals surface area contributed by atoms with E-state index in [2.05, 4.69) is 5.32 Å². The molecule has 7 heteroatoms. The molecule has 7 nitrogen and oxygen atoms in total. The molecule has 1 heterocycles. The van der Waals surface area contributed by atoms with Crippen LogP contribution >= 0.6 is 0 Å². The van der Waals surface area contributed by atoms with Crippen LogP contribution in [0, 0.1) is 5.92 Å². The van der Waals surface area contributed by atoms with E-state index in [1.165, 1.54) is 24.3 Å². The third-order valence-electron chi connectivity index (χ3n) is 3.15. The van der Waals surface area contributed by atoms with E-state index in [4.69, 9.17) is 15.6 Å². The normalized spacial score (nSPS) is 21.4. The summed E-state index contributed by atoms with van der Waals surface area (Å²) in [6, 6.07) is 5.24. The quantitative estimate of drug-likeness (QED) is 0.693. The summed E-state index contributed by atoms with van der Waals surface area (Å²) in [6.45, 7) is 0.253. The van der Waals surface area contributed by atoms with Gasteiger partial charge >= 0.3 is 5.97 Å². The molecule has 1 saturated heterocycles. The molecule has 2 atom stereocenters. The third-order valence-corrected chi connectivity index (χ3v) is 3.15. The van der Waals surface area contributed by atoms with Crippen molar-refractivity contribution in [2.75, 3.05) is 13.2 Å². The van der Waals surface area contributed by atoms with Crippen molar-refractivity contribution in [3.63, 3.8) is 0 Å². The van der Waals surface area contributed by atoms with E-state index in [1.807, 2.05) is 0 Å². The summed E-state index contributed by atoms with van der Waals surface area (Å²) in [5, 5.41) is 11.6. The van der Waals surface area contributed by atoms with E-state index in [1.54, 1.807) is 0 Å². The molecule has 1 aromatic carbocycles. The van der Waals surface area contributed by atoms with Gasteiger partial charge in [-0.3, -0.25) is 14.4 Å². The molecule has 2 rings (SSSR count). The lowest BCUT2D eigenvalue weighted by Gasteiger charge is -2.15. The predicted molar refractivity (Wildman–Crippen MR) is 68.2 cm³/mol. The van der Waals surface area contributed by atoms with Crippen LogP contribution in [0.15, 0.2) is 24.3 Å². The lowest BCUT2D eigenvalue weighted by atomic mass is 10.0. The highest BCUT2D eigenvalue weighted by atomic mass is 16.5. The summed E-state index contributed by atoms with van der Waals surface area (Å²) in [5.74, 6) is -2.74. The Kier molecular flexibility index (Phi) is 3.99. The Balaban J connectivity index is 2.04. The van der Waals surface area contributed by atoms with Gasteiger partial charge in [-0.1, -0.05) is 0 Å². The van der Waals surface area contributed by atoms with Gasteiger partial charge in [-0.15, -0.1) is 0 Å². The van der Waals surface area contributed by atoms with Gasteiger partial charge in [0.25, 0.3) is 5.91 Å². The molecule has 1 aromatic rings. The Bertz CT molecular complexity index is 540. The first kappa shape index (κ1) is 14.0. The summed E-state index contributed by atoms with van der Waals surface area (Å²) in [7, 11) is 0. The van der Waals surface area contributed by atoms with Crippen LogP contribution in [0.25, 0.3) is 0 Å². The zero-order chi connectivity index (χ0) is 14.7. The van der Waals surface area contributed by atoms with Crippen molar-refractivity contribution in [3.8, 4) is 0 Å². The number of amides is 2. The van der Waals surface area contributed by atoms with Crippen molar-refractivity contribution in [1.82, 2.24) is 5.32 Å². The maximum absolute atomic E-state index is 12.0. The second-order valence-electron chi connectivity index (χ2n) is 4.50. The number of rotatable bonds is 4. The van der Waals surface area contributed by atoms with Gasteiger partial charge in [0.15, 0.2) is 0 Å². The largest absolute Gasteiger partial charge is 0.481 e. The summed E-state index contributed by atoms with van der Waals surface area (Å²) in [6.07, 6.45) is 0. The van der Waals surface area contributed by atoms with Gasteiger partial charge in [0.2, 0.25) is 5.91 Å². The molecule has 2 unspecified atom stereocenters. The van der Waals surface area contributed by atoms with Gasteiger partial charge in [0.05, 0.1) is 19.3 Å². The zero-order valence-corrected chi connectivity index (χ0v) is 10.5. The molecule has 106 valence electrons. The molecule has 0 bridgehead atoms. The first-order chi connectivity index (χ1) is 9.49. The van der Waals surface area contributed by atoms with Gasteiger partial charge in [-0.25, -0.2) is 0 Å². The summed E-state index contributed by atoms with van der Waals surface area (Å²) >= 11 is 0. The van der Waals surface area contributed by atoms with E-state index in [0.29, 0.717) is 11.1 Å². The number of primary amides is 1. The number of hydrogen-bond donors (Lipinski definition) is 3. The minimum absolute atomic E-state index is 0.0842. The van der Waals surface area contributed by atoms with Crippen LogP contribution in [-0.2, 0) is 9.53 Å². The lowest BCUT2D eigenvalue weighted by molar-refractivity contribution is -0.142. The van der Waals surface area contributed by atoms with Crippen molar-refractivity contribution in [2.24, 2.45) is 11.7 Å². The monoisotopic (exact) mass is 278 g/mol. The maximum Gasteiger partial charge on any atom is 0.311 e. The molecular weight excluding hydrogens is 264 g/mol. The second kappa shape index (κ2) is 5.70. The zero-order valence-electron chi connectivity index (χ0n) is 10.5. The van der Waals surface area contributed by atoms with Crippen LogP contribution in [0.4, 0.5) is 0 Å². The molecule has 0 saturated carbocycles. The fraction of sp³-hybridized carbons (Fsp3) is 0.308. The number of carbonyl (C=O) groups is 3. The Hall–Kier alpha value is -2.41. The Morgan fingerprint density at radius 2 is 1.75 bits per heavy atom. The molecule has 2 amide bonds. The van der Waals surface area contributed by atoms with Crippen LogP contribution in [0.5, 0.6) is 0 Å². The highest BCUT2D eigenvalue weighted by Gasteiger charge is 2.35. The molecule has 0 aliphatic carbocycles.